The number of hydrogen-bond acceptors (Lipinski definition) is 3. The van der Waals surface area contributed by atoms with Gasteiger partial charge in [0.05, 0.1) is 0 Å². The fourth-order valence-corrected chi connectivity index (χ4v) is 3.40. The van der Waals surface area contributed by atoms with Gasteiger partial charge in [0.25, 0.3) is 0 Å². The summed E-state index contributed by atoms with van der Waals surface area (Å²) in [6, 6.07) is 9.80. The van der Waals surface area contributed by atoms with Crippen molar-refractivity contribution in [3.8, 4) is 0 Å². The van der Waals surface area contributed by atoms with E-state index in [1.165, 1.54) is 56.8 Å². The van der Waals surface area contributed by atoms with E-state index in [-0.39, 0.29) is 0 Å². The Morgan fingerprint density at radius 1 is 1.00 bits per heavy atom. The zero-order chi connectivity index (χ0) is 13.2. The molecule has 2 saturated heterocycles. The first kappa shape index (κ1) is 12.8. The molecular formula is C16H25N3. The Hall–Kier alpha value is -1.22. The average Bonchev–Trinajstić information content (AvgIpc) is 2.76. The molecule has 0 aliphatic carbocycles. The van der Waals surface area contributed by atoms with Gasteiger partial charge in [-0.3, -0.25) is 4.90 Å². The third-order valence-corrected chi connectivity index (χ3v) is 4.53. The van der Waals surface area contributed by atoms with E-state index in [9.17, 15) is 0 Å². The van der Waals surface area contributed by atoms with E-state index < -0.39 is 0 Å². The zero-order valence-corrected chi connectivity index (χ0v) is 12.2. The molecule has 2 heterocycles. The Labute approximate surface area is 116 Å². The van der Waals surface area contributed by atoms with Crippen LogP contribution in [0.15, 0.2) is 24.3 Å². The lowest BCUT2D eigenvalue weighted by Gasteiger charge is -2.27. The van der Waals surface area contributed by atoms with Crippen molar-refractivity contribution in [3.05, 3.63) is 24.3 Å². The summed E-state index contributed by atoms with van der Waals surface area (Å²) in [6.45, 7) is 5.02. The van der Waals surface area contributed by atoms with Crippen molar-refractivity contribution in [1.82, 2.24) is 4.90 Å². The second-order valence-electron chi connectivity index (χ2n) is 6.04. The molecular weight excluding hydrogens is 234 g/mol. The first-order valence-corrected chi connectivity index (χ1v) is 7.50. The third-order valence-electron chi connectivity index (χ3n) is 4.53. The summed E-state index contributed by atoms with van der Waals surface area (Å²) < 4.78 is 0. The largest absolute Gasteiger partial charge is 0.378 e. The molecule has 0 bridgehead atoms. The number of hydrogen-bond donors (Lipinski definition) is 0. The van der Waals surface area contributed by atoms with Crippen LogP contribution >= 0.6 is 0 Å². The number of fused-ring (bicyclic) bond motifs is 1. The van der Waals surface area contributed by atoms with E-state index >= 15 is 0 Å². The van der Waals surface area contributed by atoms with Crippen LogP contribution in [0.3, 0.4) is 0 Å². The Kier molecular flexibility index (Phi) is 3.65. The Morgan fingerprint density at radius 3 is 2.47 bits per heavy atom. The van der Waals surface area contributed by atoms with Gasteiger partial charge in [0, 0.05) is 51.1 Å². The van der Waals surface area contributed by atoms with Crippen LogP contribution in [0.1, 0.15) is 19.3 Å². The minimum atomic E-state index is 0.788. The van der Waals surface area contributed by atoms with E-state index in [0.29, 0.717) is 0 Å². The van der Waals surface area contributed by atoms with Gasteiger partial charge in [0.2, 0.25) is 0 Å². The van der Waals surface area contributed by atoms with Crippen molar-refractivity contribution in [2.75, 3.05) is 50.1 Å². The molecule has 2 fully saturated rings. The molecule has 104 valence electrons. The molecule has 1 atom stereocenters. The van der Waals surface area contributed by atoms with E-state index in [0.717, 1.165) is 6.04 Å². The lowest BCUT2D eigenvalue weighted by molar-refractivity contribution is 0.273. The highest BCUT2D eigenvalue weighted by molar-refractivity contribution is 5.56. The molecule has 1 aromatic carbocycles. The van der Waals surface area contributed by atoms with Crippen LogP contribution in [0.25, 0.3) is 0 Å². The maximum Gasteiger partial charge on any atom is 0.0368 e. The average molecular weight is 259 g/mol. The predicted molar refractivity (Wildman–Crippen MR) is 82.2 cm³/mol. The van der Waals surface area contributed by atoms with Crippen molar-refractivity contribution in [3.63, 3.8) is 0 Å². The highest BCUT2D eigenvalue weighted by Crippen LogP contribution is 2.26. The topological polar surface area (TPSA) is 9.72 Å². The fraction of sp³-hybridized carbons (Fsp3) is 0.625. The number of rotatable bonds is 2. The molecule has 1 aromatic rings. The molecule has 19 heavy (non-hydrogen) atoms. The van der Waals surface area contributed by atoms with Gasteiger partial charge in [-0.2, -0.15) is 0 Å². The van der Waals surface area contributed by atoms with Crippen LogP contribution in [-0.4, -0.2) is 51.2 Å². The Morgan fingerprint density at radius 2 is 1.74 bits per heavy atom. The summed E-state index contributed by atoms with van der Waals surface area (Å²) in [5.41, 5.74) is 2.67. The van der Waals surface area contributed by atoms with Gasteiger partial charge in [0.15, 0.2) is 0 Å². The molecule has 2 aliphatic rings. The molecule has 3 nitrogen and oxygen atoms in total. The van der Waals surface area contributed by atoms with Crippen molar-refractivity contribution < 1.29 is 0 Å². The fourth-order valence-electron chi connectivity index (χ4n) is 3.40. The zero-order valence-electron chi connectivity index (χ0n) is 12.2. The maximum atomic E-state index is 2.69. The summed E-state index contributed by atoms with van der Waals surface area (Å²) >= 11 is 0. The lowest BCUT2D eigenvalue weighted by atomic mass is 10.2. The predicted octanol–water partition coefficient (Wildman–Crippen LogP) is 2.43. The highest BCUT2D eigenvalue weighted by atomic mass is 15.3. The molecule has 0 aromatic heterocycles. The Bertz CT molecular complexity index is 413. The summed E-state index contributed by atoms with van der Waals surface area (Å²) in [5, 5.41) is 0. The monoisotopic (exact) mass is 259 g/mol. The van der Waals surface area contributed by atoms with Crippen molar-refractivity contribution in [1.29, 1.82) is 0 Å². The summed E-state index contributed by atoms with van der Waals surface area (Å²) in [6.07, 6.45) is 4.07. The standard InChI is InChI=1S/C16H25N3/c1-17(2)14-6-8-15(9-7-14)19-12-4-11-18-10-3-5-16(18)13-19/h6-9,16H,3-5,10-13H2,1-2H3. The SMILES string of the molecule is CN(C)c1ccc(N2CCCN3CCCC3C2)cc1. The van der Waals surface area contributed by atoms with Crippen LogP contribution in [-0.2, 0) is 0 Å². The van der Waals surface area contributed by atoms with Crippen molar-refractivity contribution in [2.24, 2.45) is 0 Å². The normalized spacial score (nSPS) is 24.1. The van der Waals surface area contributed by atoms with Gasteiger partial charge >= 0.3 is 0 Å². The molecule has 0 radical (unpaired) electrons. The van der Waals surface area contributed by atoms with Crippen LogP contribution in [0.4, 0.5) is 11.4 Å². The van der Waals surface area contributed by atoms with E-state index in [1.54, 1.807) is 0 Å². The second-order valence-corrected chi connectivity index (χ2v) is 6.04. The van der Waals surface area contributed by atoms with Crippen LogP contribution < -0.4 is 9.80 Å². The minimum absolute atomic E-state index is 0.788. The summed E-state index contributed by atoms with van der Waals surface area (Å²) in [4.78, 5) is 7.43. The highest BCUT2D eigenvalue weighted by Gasteiger charge is 2.28. The third kappa shape index (κ3) is 2.71. The van der Waals surface area contributed by atoms with Gasteiger partial charge in [-0.15, -0.1) is 0 Å². The molecule has 0 spiro atoms. The molecule has 3 rings (SSSR count). The van der Waals surface area contributed by atoms with Gasteiger partial charge in [-0.05, 0) is 50.1 Å². The minimum Gasteiger partial charge on any atom is -0.378 e. The lowest BCUT2D eigenvalue weighted by Crippen LogP contribution is -2.36. The van der Waals surface area contributed by atoms with Gasteiger partial charge in [-0.25, -0.2) is 0 Å². The van der Waals surface area contributed by atoms with E-state index in [4.69, 9.17) is 0 Å². The van der Waals surface area contributed by atoms with E-state index in [1.807, 2.05) is 0 Å². The summed E-state index contributed by atoms with van der Waals surface area (Å²) in [7, 11) is 4.19. The van der Waals surface area contributed by atoms with Gasteiger partial charge in [-0.1, -0.05) is 0 Å². The molecule has 3 heteroatoms. The molecule has 1 unspecified atom stereocenters. The first-order chi connectivity index (χ1) is 9.24. The Balaban J connectivity index is 1.73. The first-order valence-electron chi connectivity index (χ1n) is 7.50. The number of anilines is 2. The maximum absolute atomic E-state index is 2.69. The van der Waals surface area contributed by atoms with Crippen LogP contribution in [0.5, 0.6) is 0 Å². The number of nitrogens with zero attached hydrogens (tertiary/aromatic N) is 3. The second kappa shape index (κ2) is 5.41. The van der Waals surface area contributed by atoms with Gasteiger partial charge in [0.1, 0.15) is 0 Å². The smallest absolute Gasteiger partial charge is 0.0368 e. The number of benzene rings is 1. The van der Waals surface area contributed by atoms with E-state index in [2.05, 4.69) is 53.1 Å². The molecule has 0 amide bonds. The molecule has 0 N–H and O–H groups in total. The quantitative estimate of drug-likeness (QED) is 0.807. The van der Waals surface area contributed by atoms with Gasteiger partial charge < -0.3 is 9.80 Å². The van der Waals surface area contributed by atoms with Crippen molar-refractivity contribution >= 4 is 11.4 Å². The molecule has 2 aliphatic heterocycles. The van der Waals surface area contributed by atoms with Crippen LogP contribution in [0.2, 0.25) is 0 Å². The summed E-state index contributed by atoms with van der Waals surface area (Å²) in [5.74, 6) is 0. The van der Waals surface area contributed by atoms with Crippen molar-refractivity contribution in [2.45, 2.75) is 25.3 Å². The van der Waals surface area contributed by atoms with Crippen LogP contribution in [0, 0.1) is 0 Å². The molecule has 0 saturated carbocycles.